The van der Waals surface area contributed by atoms with Crippen LogP contribution in [-0.2, 0) is 20.7 Å². The number of rotatable bonds is 5. The van der Waals surface area contributed by atoms with Crippen molar-refractivity contribution in [1.29, 1.82) is 0 Å². The van der Waals surface area contributed by atoms with E-state index in [2.05, 4.69) is 15.5 Å². The Morgan fingerprint density at radius 1 is 1.31 bits per heavy atom. The molecule has 1 aromatic rings. The molecule has 0 saturated carbocycles. The number of carbonyl (C=O) groups excluding carboxylic acids is 2. The van der Waals surface area contributed by atoms with E-state index in [9.17, 15) is 9.59 Å². The summed E-state index contributed by atoms with van der Waals surface area (Å²) in [4.78, 5) is 25.6. The van der Waals surface area contributed by atoms with Crippen LogP contribution < -0.4 is 5.32 Å². The van der Waals surface area contributed by atoms with Gasteiger partial charge in [-0.15, -0.1) is 0 Å². The molecule has 2 N–H and O–H groups in total. The van der Waals surface area contributed by atoms with Crippen LogP contribution >= 0.6 is 0 Å². The lowest BCUT2D eigenvalue weighted by Crippen LogP contribution is -2.47. The molecule has 2 fully saturated rings. The molecule has 0 bridgehead atoms. The first kappa shape index (κ1) is 18.9. The summed E-state index contributed by atoms with van der Waals surface area (Å²) >= 11 is 0. The molecule has 26 heavy (non-hydrogen) atoms. The lowest BCUT2D eigenvalue weighted by molar-refractivity contribution is -0.138. The summed E-state index contributed by atoms with van der Waals surface area (Å²) in [5.41, 5.74) is 3.11. The van der Waals surface area contributed by atoms with Crippen molar-refractivity contribution in [2.75, 3.05) is 19.6 Å². The quantitative estimate of drug-likeness (QED) is 0.833. The molecule has 2 amide bonds. The molecule has 1 atom stereocenters. The second-order valence-electron chi connectivity index (χ2n) is 7.70. The number of H-pyrrole nitrogens is 1. The van der Waals surface area contributed by atoms with Gasteiger partial charge in [0.2, 0.25) is 11.8 Å². The number of hydrogen-bond acceptors (Lipinski definition) is 4. The van der Waals surface area contributed by atoms with Gasteiger partial charge in [-0.1, -0.05) is 0 Å². The van der Waals surface area contributed by atoms with Crippen LogP contribution in [0, 0.1) is 13.8 Å². The van der Waals surface area contributed by atoms with Crippen LogP contribution in [0.5, 0.6) is 0 Å². The predicted octanol–water partition coefficient (Wildman–Crippen LogP) is 1.64. The molecule has 0 aromatic carbocycles. The van der Waals surface area contributed by atoms with Gasteiger partial charge < -0.3 is 15.0 Å². The third-order valence-corrected chi connectivity index (χ3v) is 5.87. The molecule has 0 radical (unpaired) electrons. The zero-order valence-electron chi connectivity index (χ0n) is 16.1. The van der Waals surface area contributed by atoms with Crippen LogP contribution in [0.1, 0.15) is 56.0 Å². The number of carbonyl (C=O) groups is 2. The van der Waals surface area contributed by atoms with Crippen LogP contribution in [-0.4, -0.2) is 58.3 Å². The molecule has 3 heterocycles. The van der Waals surface area contributed by atoms with Gasteiger partial charge in [-0.25, -0.2) is 0 Å². The van der Waals surface area contributed by atoms with Gasteiger partial charge in [-0.3, -0.25) is 14.7 Å². The number of amides is 2. The molecule has 7 nitrogen and oxygen atoms in total. The maximum absolute atomic E-state index is 12.5. The van der Waals surface area contributed by atoms with Gasteiger partial charge in [-0.2, -0.15) is 5.10 Å². The van der Waals surface area contributed by atoms with Crippen molar-refractivity contribution in [2.24, 2.45) is 0 Å². The first-order valence-corrected chi connectivity index (χ1v) is 9.59. The van der Waals surface area contributed by atoms with Crippen molar-refractivity contribution in [3.05, 3.63) is 17.0 Å². The molecule has 2 aliphatic heterocycles. The number of nitrogens with zero attached hydrogens (tertiary/aromatic N) is 2. The molecule has 1 spiro atoms. The zero-order chi connectivity index (χ0) is 18.7. The second kappa shape index (κ2) is 7.78. The van der Waals surface area contributed by atoms with Crippen molar-refractivity contribution in [1.82, 2.24) is 20.4 Å². The molecule has 144 valence electrons. The van der Waals surface area contributed by atoms with Crippen molar-refractivity contribution in [2.45, 2.75) is 71.0 Å². The molecule has 3 rings (SSSR count). The van der Waals surface area contributed by atoms with E-state index < -0.39 is 0 Å². The molecule has 2 saturated heterocycles. The van der Waals surface area contributed by atoms with Crippen molar-refractivity contribution in [3.8, 4) is 0 Å². The Bertz CT molecular complexity index is 662. The number of nitrogens with one attached hydrogen (secondary N) is 2. The predicted molar refractivity (Wildman–Crippen MR) is 97.7 cm³/mol. The van der Waals surface area contributed by atoms with Gasteiger partial charge in [0, 0.05) is 45.1 Å². The highest BCUT2D eigenvalue weighted by molar-refractivity contribution is 5.76. The molecule has 1 aromatic heterocycles. The smallest absolute Gasteiger partial charge is 0.222 e. The fourth-order valence-corrected chi connectivity index (χ4v) is 3.99. The van der Waals surface area contributed by atoms with Crippen LogP contribution in [0.25, 0.3) is 0 Å². The minimum atomic E-state index is -0.101. The maximum atomic E-state index is 12.5. The van der Waals surface area contributed by atoms with Gasteiger partial charge in [0.1, 0.15) is 0 Å². The Kier molecular flexibility index (Phi) is 5.65. The third kappa shape index (κ3) is 4.26. The van der Waals surface area contributed by atoms with E-state index in [0.717, 1.165) is 55.7 Å². The number of aromatic nitrogens is 2. The Morgan fingerprint density at radius 3 is 2.65 bits per heavy atom. The van der Waals surface area contributed by atoms with E-state index in [4.69, 9.17) is 4.74 Å². The van der Waals surface area contributed by atoms with E-state index in [-0.39, 0.29) is 23.5 Å². The van der Waals surface area contributed by atoms with Gasteiger partial charge in [-0.05, 0) is 45.1 Å². The van der Waals surface area contributed by atoms with Crippen molar-refractivity contribution >= 4 is 11.8 Å². The summed E-state index contributed by atoms with van der Waals surface area (Å²) in [6.07, 6.45) is 5.06. The fourth-order valence-electron chi connectivity index (χ4n) is 3.99. The summed E-state index contributed by atoms with van der Waals surface area (Å²) in [6.45, 7) is 7.66. The average Bonchev–Trinajstić information content (AvgIpc) is 3.16. The van der Waals surface area contributed by atoms with E-state index in [0.29, 0.717) is 19.4 Å². The minimum Gasteiger partial charge on any atom is -0.370 e. The number of likely N-dealkylation sites (tertiary alicyclic amines) is 1. The number of ether oxygens (including phenoxy) is 1. The second-order valence-corrected chi connectivity index (χ2v) is 7.70. The molecule has 2 aliphatic rings. The summed E-state index contributed by atoms with van der Waals surface area (Å²) in [7, 11) is 0. The van der Waals surface area contributed by atoms with Crippen molar-refractivity contribution in [3.63, 3.8) is 0 Å². The fraction of sp³-hybridized carbons (Fsp3) is 0.737. The number of piperidine rings is 1. The molecule has 7 heteroatoms. The highest BCUT2D eigenvalue weighted by Crippen LogP contribution is 2.38. The Hall–Kier alpha value is -1.89. The first-order chi connectivity index (χ1) is 12.4. The van der Waals surface area contributed by atoms with Crippen LogP contribution in [0.3, 0.4) is 0 Å². The number of aromatic amines is 1. The van der Waals surface area contributed by atoms with E-state index >= 15 is 0 Å². The maximum Gasteiger partial charge on any atom is 0.222 e. The molecular weight excluding hydrogens is 332 g/mol. The Labute approximate surface area is 154 Å². The monoisotopic (exact) mass is 362 g/mol. The summed E-state index contributed by atoms with van der Waals surface area (Å²) < 4.78 is 6.25. The van der Waals surface area contributed by atoms with Crippen LogP contribution in [0.15, 0.2) is 0 Å². The highest BCUT2D eigenvalue weighted by Gasteiger charge is 2.43. The summed E-state index contributed by atoms with van der Waals surface area (Å²) in [5, 5.41) is 10.1. The lowest BCUT2D eigenvalue weighted by Gasteiger charge is -2.39. The van der Waals surface area contributed by atoms with Crippen LogP contribution in [0.2, 0.25) is 0 Å². The standard InChI is InChI=1S/C19H30N4O3/c1-13-14(2)21-22-17(13)4-5-18(25)23-10-8-19(9-11-23)7-6-16(26-19)12-20-15(3)24/h16H,4-12H2,1-3H3,(H,20,24)(H,21,22). The van der Waals surface area contributed by atoms with Gasteiger partial charge in [0.25, 0.3) is 0 Å². The van der Waals surface area contributed by atoms with Gasteiger partial charge in [0.15, 0.2) is 0 Å². The first-order valence-electron chi connectivity index (χ1n) is 9.59. The summed E-state index contributed by atoms with van der Waals surface area (Å²) in [5.74, 6) is 0.185. The zero-order valence-corrected chi connectivity index (χ0v) is 16.1. The number of hydrogen-bond donors (Lipinski definition) is 2. The normalized spacial score (nSPS) is 22.0. The molecular formula is C19H30N4O3. The Balaban J connectivity index is 1.44. The lowest BCUT2D eigenvalue weighted by atomic mass is 9.88. The van der Waals surface area contributed by atoms with E-state index in [1.807, 2.05) is 18.7 Å². The number of aryl methyl sites for hydroxylation is 2. The van der Waals surface area contributed by atoms with Gasteiger partial charge in [0.05, 0.1) is 17.4 Å². The average molecular weight is 362 g/mol. The van der Waals surface area contributed by atoms with Crippen molar-refractivity contribution < 1.29 is 14.3 Å². The van der Waals surface area contributed by atoms with E-state index in [1.54, 1.807) is 0 Å². The Morgan fingerprint density at radius 2 is 2.04 bits per heavy atom. The SMILES string of the molecule is CC(=O)NCC1CCC2(CCN(C(=O)CCc3n[nH]c(C)c3C)CC2)O1. The molecule has 1 unspecified atom stereocenters. The summed E-state index contributed by atoms with van der Waals surface area (Å²) in [6, 6.07) is 0. The third-order valence-electron chi connectivity index (χ3n) is 5.87. The minimum absolute atomic E-state index is 0.0164. The molecule has 0 aliphatic carbocycles. The highest BCUT2D eigenvalue weighted by atomic mass is 16.5. The van der Waals surface area contributed by atoms with Gasteiger partial charge >= 0.3 is 0 Å². The van der Waals surface area contributed by atoms with Crippen LogP contribution in [0.4, 0.5) is 0 Å². The topological polar surface area (TPSA) is 87.3 Å². The van der Waals surface area contributed by atoms with E-state index in [1.165, 1.54) is 6.92 Å². The largest absolute Gasteiger partial charge is 0.370 e.